The van der Waals surface area contributed by atoms with Crippen LogP contribution in [0.2, 0.25) is 0 Å². The van der Waals surface area contributed by atoms with E-state index in [0.717, 1.165) is 17.7 Å². The van der Waals surface area contributed by atoms with Crippen LogP contribution in [0.25, 0.3) is 0 Å². The number of benzene rings is 1. The monoisotopic (exact) mass is 325 g/mol. The van der Waals surface area contributed by atoms with Gasteiger partial charge in [0.05, 0.1) is 16.2 Å². The van der Waals surface area contributed by atoms with Crippen LogP contribution < -0.4 is 5.32 Å². The summed E-state index contributed by atoms with van der Waals surface area (Å²) in [5.41, 5.74) is 2.63. The number of aryl methyl sites for hydroxylation is 2. The molecule has 1 unspecified atom stereocenters. The second-order valence-corrected chi connectivity index (χ2v) is 5.28. The molecule has 0 saturated heterocycles. The highest BCUT2D eigenvalue weighted by Crippen LogP contribution is 2.29. The molecule has 1 aromatic heterocycles. The highest BCUT2D eigenvalue weighted by Gasteiger charge is 2.21. The Hall–Kier alpha value is -1.20. The summed E-state index contributed by atoms with van der Waals surface area (Å²) in [6.07, 6.45) is 2.77. The molecule has 0 aliphatic heterocycles. The topological polar surface area (TPSA) is 29.9 Å². The third kappa shape index (κ3) is 2.72. The molecule has 0 radical (unpaired) electrons. The minimum atomic E-state index is -0.229. The van der Waals surface area contributed by atoms with Gasteiger partial charge in [-0.15, -0.1) is 0 Å². The van der Waals surface area contributed by atoms with E-state index in [1.54, 1.807) is 16.8 Å². The fourth-order valence-corrected chi connectivity index (χ4v) is 2.67. The molecule has 0 amide bonds. The molecule has 5 heteroatoms. The van der Waals surface area contributed by atoms with Gasteiger partial charge in [0, 0.05) is 24.4 Å². The zero-order valence-electron chi connectivity index (χ0n) is 11.2. The van der Waals surface area contributed by atoms with Crippen LogP contribution >= 0.6 is 15.9 Å². The molecule has 1 N–H and O–H groups in total. The lowest BCUT2D eigenvalue weighted by atomic mass is 9.98. The Morgan fingerprint density at radius 3 is 2.79 bits per heavy atom. The highest BCUT2D eigenvalue weighted by atomic mass is 79.9. The molecule has 2 rings (SSSR count). The van der Waals surface area contributed by atoms with Crippen LogP contribution in [-0.4, -0.2) is 16.8 Å². The Morgan fingerprint density at radius 1 is 1.42 bits per heavy atom. The normalized spacial score (nSPS) is 12.7. The average molecular weight is 326 g/mol. The minimum Gasteiger partial charge on any atom is -0.309 e. The van der Waals surface area contributed by atoms with Crippen molar-refractivity contribution < 1.29 is 4.39 Å². The first-order valence-corrected chi connectivity index (χ1v) is 7.01. The molecule has 1 heterocycles. The van der Waals surface area contributed by atoms with Crippen molar-refractivity contribution in [1.82, 2.24) is 15.1 Å². The summed E-state index contributed by atoms with van der Waals surface area (Å²) in [4.78, 5) is 0. The van der Waals surface area contributed by atoms with Crippen molar-refractivity contribution in [2.75, 3.05) is 7.05 Å². The predicted octanol–water partition coefficient (Wildman–Crippen LogP) is 3.19. The molecule has 0 fully saturated rings. The smallest absolute Gasteiger partial charge is 0.142 e. The van der Waals surface area contributed by atoms with E-state index >= 15 is 0 Å². The van der Waals surface area contributed by atoms with Crippen molar-refractivity contribution in [1.29, 1.82) is 0 Å². The van der Waals surface area contributed by atoms with Gasteiger partial charge in [0.1, 0.15) is 5.82 Å². The van der Waals surface area contributed by atoms with Crippen LogP contribution in [0, 0.1) is 5.82 Å². The van der Waals surface area contributed by atoms with Gasteiger partial charge in [-0.1, -0.05) is 19.1 Å². The van der Waals surface area contributed by atoms with Gasteiger partial charge in [0.25, 0.3) is 0 Å². The van der Waals surface area contributed by atoms with E-state index in [9.17, 15) is 4.39 Å². The second kappa shape index (κ2) is 5.84. The van der Waals surface area contributed by atoms with Crippen molar-refractivity contribution in [3.63, 3.8) is 0 Å². The average Bonchev–Trinajstić information content (AvgIpc) is 2.76. The van der Waals surface area contributed by atoms with Gasteiger partial charge in [-0.2, -0.15) is 5.10 Å². The van der Waals surface area contributed by atoms with Crippen LogP contribution in [0.15, 0.2) is 28.9 Å². The molecule has 2 aromatic rings. The van der Waals surface area contributed by atoms with Crippen LogP contribution in [0.4, 0.5) is 4.39 Å². The minimum absolute atomic E-state index is 0.193. The Kier molecular flexibility index (Phi) is 4.37. The zero-order chi connectivity index (χ0) is 14.0. The van der Waals surface area contributed by atoms with Crippen molar-refractivity contribution in [2.45, 2.75) is 19.4 Å². The fraction of sp³-hybridized carbons (Fsp3) is 0.357. The quantitative estimate of drug-likeness (QED) is 0.935. The number of hydrogen-bond donors (Lipinski definition) is 1. The van der Waals surface area contributed by atoms with Crippen LogP contribution in [-0.2, 0) is 13.5 Å². The number of halogens is 2. The predicted molar refractivity (Wildman–Crippen MR) is 77.6 cm³/mol. The van der Waals surface area contributed by atoms with Crippen LogP contribution in [0.5, 0.6) is 0 Å². The number of nitrogens with one attached hydrogen (secondary N) is 1. The lowest BCUT2D eigenvalue weighted by molar-refractivity contribution is 0.569. The van der Waals surface area contributed by atoms with Gasteiger partial charge < -0.3 is 5.32 Å². The number of hydrogen-bond acceptors (Lipinski definition) is 2. The van der Waals surface area contributed by atoms with Gasteiger partial charge in [-0.25, -0.2) is 4.39 Å². The molecule has 3 nitrogen and oxygen atoms in total. The first kappa shape index (κ1) is 14.2. The Labute approximate surface area is 121 Å². The molecule has 0 aliphatic carbocycles. The van der Waals surface area contributed by atoms with Crippen molar-refractivity contribution in [3.8, 4) is 0 Å². The van der Waals surface area contributed by atoms with Gasteiger partial charge in [0.15, 0.2) is 0 Å². The summed E-state index contributed by atoms with van der Waals surface area (Å²) < 4.78 is 16.5. The van der Waals surface area contributed by atoms with Crippen LogP contribution in [0.3, 0.4) is 0 Å². The molecule has 0 spiro atoms. The Morgan fingerprint density at radius 2 is 2.16 bits per heavy atom. The molecule has 0 aliphatic rings. The van der Waals surface area contributed by atoms with E-state index in [1.807, 2.05) is 26.4 Å². The van der Waals surface area contributed by atoms with Gasteiger partial charge >= 0.3 is 0 Å². The SMILES string of the molecule is CCc1nn(C)cc1C(NC)c1cccc(Br)c1F. The van der Waals surface area contributed by atoms with Gasteiger partial charge in [-0.3, -0.25) is 4.68 Å². The second-order valence-electron chi connectivity index (χ2n) is 4.42. The first-order chi connectivity index (χ1) is 9.08. The van der Waals surface area contributed by atoms with Crippen LogP contribution in [0.1, 0.15) is 29.8 Å². The fourth-order valence-electron chi connectivity index (χ4n) is 2.29. The summed E-state index contributed by atoms with van der Waals surface area (Å²) in [6, 6.07) is 5.15. The first-order valence-electron chi connectivity index (χ1n) is 6.22. The van der Waals surface area contributed by atoms with E-state index in [4.69, 9.17) is 0 Å². The molecule has 0 saturated carbocycles. The third-order valence-corrected chi connectivity index (χ3v) is 3.78. The molecule has 19 heavy (non-hydrogen) atoms. The lowest BCUT2D eigenvalue weighted by Crippen LogP contribution is -2.20. The summed E-state index contributed by atoms with van der Waals surface area (Å²) >= 11 is 3.23. The van der Waals surface area contributed by atoms with Gasteiger partial charge in [0.2, 0.25) is 0 Å². The van der Waals surface area contributed by atoms with E-state index < -0.39 is 0 Å². The largest absolute Gasteiger partial charge is 0.309 e. The van der Waals surface area contributed by atoms with Crippen molar-refractivity contribution >= 4 is 15.9 Å². The number of rotatable bonds is 4. The Bertz CT molecular complexity index is 580. The van der Waals surface area contributed by atoms with Crippen molar-refractivity contribution in [3.05, 3.63) is 51.5 Å². The zero-order valence-corrected chi connectivity index (χ0v) is 12.8. The maximum Gasteiger partial charge on any atom is 0.142 e. The van der Waals surface area contributed by atoms with E-state index in [-0.39, 0.29) is 11.9 Å². The molecule has 102 valence electrons. The lowest BCUT2D eigenvalue weighted by Gasteiger charge is -2.17. The number of aromatic nitrogens is 2. The molecular weight excluding hydrogens is 309 g/mol. The molecule has 1 atom stereocenters. The summed E-state index contributed by atoms with van der Waals surface area (Å²) in [5, 5.41) is 7.59. The highest BCUT2D eigenvalue weighted by molar-refractivity contribution is 9.10. The van der Waals surface area contributed by atoms with Gasteiger partial charge in [-0.05, 0) is 35.5 Å². The third-order valence-electron chi connectivity index (χ3n) is 3.16. The van der Waals surface area contributed by atoms with E-state index in [0.29, 0.717) is 10.0 Å². The summed E-state index contributed by atoms with van der Waals surface area (Å²) in [7, 11) is 3.71. The standard InChI is InChI=1S/C14H17BrFN3/c1-4-12-10(8-19(3)18-12)14(17-2)9-6-5-7-11(15)13(9)16/h5-8,14,17H,4H2,1-3H3. The summed E-state index contributed by atoms with van der Waals surface area (Å²) in [5.74, 6) is -0.229. The number of nitrogens with zero attached hydrogens (tertiary/aromatic N) is 2. The summed E-state index contributed by atoms with van der Waals surface area (Å²) in [6.45, 7) is 2.05. The maximum absolute atomic E-state index is 14.3. The molecule has 1 aromatic carbocycles. The molecule has 0 bridgehead atoms. The molecular formula is C14H17BrFN3. The van der Waals surface area contributed by atoms with E-state index in [2.05, 4.69) is 33.3 Å². The Balaban J connectivity index is 2.53. The maximum atomic E-state index is 14.3. The van der Waals surface area contributed by atoms with Crippen molar-refractivity contribution in [2.24, 2.45) is 7.05 Å². The van der Waals surface area contributed by atoms with E-state index in [1.165, 1.54) is 0 Å².